The predicted octanol–water partition coefficient (Wildman–Crippen LogP) is 1.62. The number of hydrogen-bond donors (Lipinski definition) is 0. The first-order valence-electron chi connectivity index (χ1n) is 6.42. The van der Waals surface area contributed by atoms with Crippen molar-refractivity contribution in [2.24, 2.45) is 0 Å². The van der Waals surface area contributed by atoms with Crippen LogP contribution in [0.5, 0.6) is 0 Å². The predicted molar refractivity (Wildman–Crippen MR) is 74.2 cm³/mol. The number of esters is 1. The van der Waals surface area contributed by atoms with E-state index in [-0.39, 0.29) is 18.0 Å². The molecular weight excluding hydrogens is 272 g/mol. The first-order chi connectivity index (χ1) is 10.2. The van der Waals surface area contributed by atoms with Gasteiger partial charge < -0.3 is 15.0 Å². The molecule has 0 saturated carbocycles. The Balaban J connectivity index is 2.25. The molecule has 0 amide bonds. The molecule has 6 nitrogen and oxygen atoms in total. The molecule has 6 heteroatoms. The number of carbonyl (C=O) groups is 2. The minimum absolute atomic E-state index is 0.106. The quantitative estimate of drug-likeness (QED) is 0.344. The Bertz CT molecular complexity index is 630. The molecule has 0 fully saturated rings. The van der Waals surface area contributed by atoms with Gasteiger partial charge in [-0.05, 0) is 12.0 Å². The number of hydrogen-bond acceptors (Lipinski definition) is 4. The lowest BCUT2D eigenvalue weighted by atomic mass is 9.97. The summed E-state index contributed by atoms with van der Waals surface area (Å²) in [6.07, 6.45) is 0.689. The topological polar surface area (TPSA) is 89.0 Å². The SMILES string of the molecule is COC1=C(c2ccccc2)C(CCC(=O)C=[N+]=[N-])OC1=O. The Labute approximate surface area is 121 Å². The van der Waals surface area contributed by atoms with E-state index in [0.717, 1.165) is 11.8 Å². The fourth-order valence-electron chi connectivity index (χ4n) is 2.23. The summed E-state index contributed by atoms with van der Waals surface area (Å²) in [5, 5.41) is 0. The van der Waals surface area contributed by atoms with Crippen LogP contribution < -0.4 is 0 Å². The van der Waals surface area contributed by atoms with Crippen molar-refractivity contribution >= 4 is 23.5 Å². The molecule has 0 saturated heterocycles. The van der Waals surface area contributed by atoms with E-state index in [1.807, 2.05) is 30.3 Å². The number of cyclic esters (lactones) is 1. The zero-order valence-electron chi connectivity index (χ0n) is 11.5. The smallest absolute Gasteiger partial charge is 0.374 e. The Morgan fingerprint density at radius 3 is 2.76 bits per heavy atom. The van der Waals surface area contributed by atoms with Crippen molar-refractivity contribution < 1.29 is 23.9 Å². The number of benzene rings is 1. The Kier molecular flexibility index (Phi) is 4.64. The van der Waals surface area contributed by atoms with Gasteiger partial charge in [0.15, 0.2) is 0 Å². The zero-order chi connectivity index (χ0) is 15.2. The highest BCUT2D eigenvalue weighted by molar-refractivity contribution is 6.25. The minimum atomic E-state index is -0.550. The third-order valence-electron chi connectivity index (χ3n) is 3.14. The molecule has 0 aliphatic carbocycles. The summed E-state index contributed by atoms with van der Waals surface area (Å²) >= 11 is 0. The Morgan fingerprint density at radius 1 is 1.43 bits per heavy atom. The normalized spacial score (nSPS) is 17.2. The van der Waals surface area contributed by atoms with Crippen LogP contribution in [-0.2, 0) is 19.1 Å². The van der Waals surface area contributed by atoms with Gasteiger partial charge in [-0.1, -0.05) is 30.3 Å². The van der Waals surface area contributed by atoms with Crippen LogP contribution in [0, 0.1) is 0 Å². The van der Waals surface area contributed by atoms with Crippen LogP contribution >= 0.6 is 0 Å². The van der Waals surface area contributed by atoms with Gasteiger partial charge in [0.2, 0.25) is 11.5 Å². The molecule has 0 radical (unpaired) electrons. The van der Waals surface area contributed by atoms with Gasteiger partial charge in [0, 0.05) is 12.0 Å². The molecular formula is C15H14N2O4. The molecule has 21 heavy (non-hydrogen) atoms. The number of rotatable bonds is 6. The van der Waals surface area contributed by atoms with Crippen LogP contribution in [0.2, 0.25) is 0 Å². The average molecular weight is 286 g/mol. The second-order valence-electron chi connectivity index (χ2n) is 4.46. The molecule has 2 rings (SSSR count). The van der Waals surface area contributed by atoms with Crippen LogP contribution in [0.1, 0.15) is 18.4 Å². The van der Waals surface area contributed by atoms with Crippen molar-refractivity contribution in [2.45, 2.75) is 18.9 Å². The van der Waals surface area contributed by atoms with Crippen molar-refractivity contribution in [1.82, 2.24) is 0 Å². The van der Waals surface area contributed by atoms with Crippen molar-refractivity contribution in [2.75, 3.05) is 7.11 Å². The number of Topliss-reactive ketones (excluding diaryl/α,β-unsaturated/α-hetero) is 1. The summed E-state index contributed by atoms with van der Waals surface area (Å²) in [5.74, 6) is -0.717. The molecule has 0 aromatic heterocycles. The summed E-state index contributed by atoms with van der Waals surface area (Å²) in [4.78, 5) is 25.9. The third kappa shape index (κ3) is 3.24. The van der Waals surface area contributed by atoms with Gasteiger partial charge >= 0.3 is 12.2 Å². The van der Waals surface area contributed by atoms with Crippen LogP contribution in [0.4, 0.5) is 0 Å². The Morgan fingerprint density at radius 2 is 2.14 bits per heavy atom. The molecule has 1 aromatic rings. The van der Waals surface area contributed by atoms with E-state index in [0.29, 0.717) is 12.0 Å². The first-order valence-corrected chi connectivity index (χ1v) is 6.42. The van der Waals surface area contributed by atoms with Crippen molar-refractivity contribution in [3.05, 3.63) is 47.2 Å². The second kappa shape index (κ2) is 6.63. The van der Waals surface area contributed by atoms with Gasteiger partial charge in [0.25, 0.3) is 0 Å². The van der Waals surface area contributed by atoms with Crippen LogP contribution in [0.15, 0.2) is 36.1 Å². The standard InChI is InChI=1S/C15H14N2O4/c1-20-14-13(10-5-3-2-4-6-10)12(21-15(14)19)8-7-11(18)9-17-16/h2-6,9,12H,7-8H2,1H3. The fourth-order valence-corrected chi connectivity index (χ4v) is 2.23. The number of ketones is 1. The zero-order valence-corrected chi connectivity index (χ0v) is 11.5. The largest absolute Gasteiger partial charge is 0.490 e. The average Bonchev–Trinajstić information content (AvgIpc) is 2.82. The monoisotopic (exact) mass is 286 g/mol. The highest BCUT2D eigenvalue weighted by Gasteiger charge is 2.36. The van der Waals surface area contributed by atoms with Crippen molar-refractivity contribution in [3.8, 4) is 0 Å². The lowest BCUT2D eigenvalue weighted by Crippen LogP contribution is -2.14. The molecule has 1 unspecified atom stereocenters. The van der Waals surface area contributed by atoms with Gasteiger partial charge in [0.05, 0.1) is 7.11 Å². The lowest BCUT2D eigenvalue weighted by molar-refractivity contribution is -0.142. The minimum Gasteiger partial charge on any atom is -0.490 e. The number of nitrogens with zero attached hydrogens (tertiary/aromatic N) is 2. The van der Waals surface area contributed by atoms with Crippen molar-refractivity contribution in [1.29, 1.82) is 0 Å². The van der Waals surface area contributed by atoms with E-state index in [1.165, 1.54) is 7.11 Å². The molecule has 1 atom stereocenters. The molecule has 0 N–H and O–H groups in total. The van der Waals surface area contributed by atoms with Crippen LogP contribution in [0.3, 0.4) is 0 Å². The maximum absolute atomic E-state index is 11.8. The van der Waals surface area contributed by atoms with Gasteiger partial charge in [-0.2, -0.15) is 4.79 Å². The van der Waals surface area contributed by atoms with E-state index < -0.39 is 12.1 Å². The summed E-state index contributed by atoms with van der Waals surface area (Å²) in [5.41, 5.74) is 9.76. The summed E-state index contributed by atoms with van der Waals surface area (Å²) in [6.45, 7) is 0. The fraction of sp³-hybridized carbons (Fsp3) is 0.267. The molecule has 1 aliphatic rings. The van der Waals surface area contributed by atoms with E-state index in [2.05, 4.69) is 4.79 Å². The molecule has 0 spiro atoms. The molecule has 0 bridgehead atoms. The second-order valence-corrected chi connectivity index (χ2v) is 4.46. The van der Waals surface area contributed by atoms with Gasteiger partial charge in [0.1, 0.15) is 6.10 Å². The summed E-state index contributed by atoms with van der Waals surface area (Å²) in [7, 11) is 1.41. The van der Waals surface area contributed by atoms with E-state index in [1.54, 1.807) is 0 Å². The summed E-state index contributed by atoms with van der Waals surface area (Å²) in [6, 6.07) is 9.25. The van der Waals surface area contributed by atoms with Crippen LogP contribution in [-0.4, -0.2) is 36.0 Å². The molecule has 1 aromatic carbocycles. The van der Waals surface area contributed by atoms with Gasteiger partial charge in [-0.3, -0.25) is 4.79 Å². The summed E-state index contributed by atoms with van der Waals surface area (Å²) < 4.78 is 10.4. The van der Waals surface area contributed by atoms with Crippen LogP contribution in [0.25, 0.3) is 11.1 Å². The number of ether oxygens (including phenoxy) is 2. The van der Waals surface area contributed by atoms with E-state index in [4.69, 9.17) is 15.0 Å². The number of carbonyl (C=O) groups excluding carboxylic acids is 2. The maximum atomic E-state index is 11.8. The maximum Gasteiger partial charge on any atom is 0.374 e. The first kappa shape index (κ1) is 14.7. The number of methoxy groups -OCH3 is 1. The highest BCUT2D eigenvalue weighted by atomic mass is 16.6. The molecule has 108 valence electrons. The van der Waals surface area contributed by atoms with E-state index in [9.17, 15) is 9.59 Å². The molecule has 1 aliphatic heterocycles. The van der Waals surface area contributed by atoms with Crippen molar-refractivity contribution in [3.63, 3.8) is 0 Å². The lowest BCUT2D eigenvalue weighted by Gasteiger charge is -2.12. The van der Waals surface area contributed by atoms with Gasteiger partial charge in [-0.15, -0.1) is 0 Å². The van der Waals surface area contributed by atoms with Gasteiger partial charge in [-0.25, -0.2) is 4.79 Å². The van der Waals surface area contributed by atoms with E-state index >= 15 is 0 Å². The molecule has 1 heterocycles. The Hall–Kier alpha value is -2.72. The third-order valence-corrected chi connectivity index (χ3v) is 3.14. The highest BCUT2D eigenvalue weighted by Crippen LogP contribution is 2.34.